The minimum absolute atomic E-state index is 0.134. The van der Waals surface area contributed by atoms with Gasteiger partial charge in [-0.3, -0.25) is 5.10 Å². The largest absolute Gasteiger partial charge is 0.391 e. The highest BCUT2D eigenvalue weighted by Crippen LogP contribution is 2.23. The predicted octanol–water partition coefficient (Wildman–Crippen LogP) is 2.75. The summed E-state index contributed by atoms with van der Waals surface area (Å²) in [5.74, 6) is 1.66. The third-order valence-electron chi connectivity index (χ3n) is 4.07. The number of nitrogens with one attached hydrogen (secondary N) is 2. The molecule has 0 saturated heterocycles. The summed E-state index contributed by atoms with van der Waals surface area (Å²) in [5.41, 5.74) is 2.40. The third-order valence-corrected chi connectivity index (χ3v) is 4.07. The Kier molecular flexibility index (Phi) is 4.48. The molecule has 0 spiro atoms. The summed E-state index contributed by atoms with van der Waals surface area (Å²) in [4.78, 5) is 8.99. The first-order valence-corrected chi connectivity index (χ1v) is 8.20. The van der Waals surface area contributed by atoms with E-state index in [2.05, 4.69) is 44.4 Å². The average molecular weight is 329 g/mol. The minimum atomic E-state index is -0.517. The molecule has 0 fully saturated rings. The van der Waals surface area contributed by atoms with Crippen LogP contribution in [0.25, 0.3) is 11.2 Å². The van der Waals surface area contributed by atoms with Crippen LogP contribution in [-0.4, -0.2) is 41.2 Å². The van der Waals surface area contributed by atoms with Crippen molar-refractivity contribution in [3.8, 4) is 0 Å². The van der Waals surface area contributed by atoms with Gasteiger partial charge in [0.1, 0.15) is 5.52 Å². The zero-order chi connectivity index (χ0) is 17.3. The Morgan fingerprint density at radius 3 is 2.67 bits per heavy atom. The van der Waals surface area contributed by atoms with E-state index in [1.807, 2.05) is 13.0 Å². The van der Waals surface area contributed by atoms with Gasteiger partial charge in [0.2, 0.25) is 0 Å². The van der Waals surface area contributed by atoms with Crippen LogP contribution in [0.4, 0.5) is 11.6 Å². The van der Waals surface area contributed by atoms with Crippen molar-refractivity contribution in [2.75, 3.05) is 5.32 Å². The van der Waals surface area contributed by atoms with Crippen molar-refractivity contribution < 1.29 is 5.11 Å². The number of H-pyrrole nitrogens is 1. The van der Waals surface area contributed by atoms with Crippen LogP contribution in [0.3, 0.4) is 0 Å². The van der Waals surface area contributed by atoms with Gasteiger partial charge < -0.3 is 10.4 Å². The smallest absolute Gasteiger partial charge is 0.179 e. The van der Waals surface area contributed by atoms with E-state index >= 15 is 0 Å². The quantitative estimate of drug-likeness (QED) is 0.642. The first-order valence-electron chi connectivity index (χ1n) is 8.20. The standard InChI is InChI=1S/C16H23N7O/c1-5-13(10(4)24)23-16-12(7-18-23)17-8-15(20-16)19-14-6-11(9(2)3)21-22-14/h6-10,13,24H,5H2,1-4H3,(H2,19,20,21,22)/t10-,13+/m0/s1. The maximum Gasteiger partial charge on any atom is 0.179 e. The second-order valence-corrected chi connectivity index (χ2v) is 6.26. The van der Waals surface area contributed by atoms with Crippen LogP contribution < -0.4 is 5.32 Å². The number of aliphatic hydroxyl groups excluding tert-OH is 1. The molecule has 0 aliphatic heterocycles. The first kappa shape index (κ1) is 16.4. The average Bonchev–Trinajstić information content (AvgIpc) is 3.15. The van der Waals surface area contributed by atoms with Crippen LogP contribution in [0.5, 0.6) is 0 Å². The van der Waals surface area contributed by atoms with Gasteiger partial charge in [0.15, 0.2) is 17.3 Å². The van der Waals surface area contributed by atoms with Gasteiger partial charge in [-0.05, 0) is 19.3 Å². The predicted molar refractivity (Wildman–Crippen MR) is 92.3 cm³/mol. The number of nitrogens with zero attached hydrogens (tertiary/aromatic N) is 5. The molecular formula is C16H23N7O. The molecular weight excluding hydrogens is 306 g/mol. The van der Waals surface area contributed by atoms with Gasteiger partial charge in [-0.2, -0.15) is 10.2 Å². The number of fused-ring (bicyclic) bond motifs is 1. The molecule has 0 aliphatic carbocycles. The Bertz CT molecular complexity index is 821. The summed E-state index contributed by atoms with van der Waals surface area (Å²) in [6.07, 6.45) is 3.56. The van der Waals surface area contributed by atoms with Crippen molar-refractivity contribution >= 4 is 22.8 Å². The number of aromatic nitrogens is 6. The fourth-order valence-electron chi connectivity index (χ4n) is 2.67. The molecule has 0 aromatic carbocycles. The van der Waals surface area contributed by atoms with E-state index in [0.717, 1.165) is 12.1 Å². The lowest BCUT2D eigenvalue weighted by molar-refractivity contribution is 0.122. The fourth-order valence-corrected chi connectivity index (χ4v) is 2.67. The molecule has 0 aliphatic rings. The van der Waals surface area contributed by atoms with Gasteiger partial charge in [-0.1, -0.05) is 20.8 Å². The molecule has 3 heterocycles. The van der Waals surface area contributed by atoms with Crippen LogP contribution in [0.2, 0.25) is 0 Å². The van der Waals surface area contributed by atoms with E-state index in [1.165, 1.54) is 0 Å². The summed E-state index contributed by atoms with van der Waals surface area (Å²) >= 11 is 0. The van der Waals surface area contributed by atoms with Gasteiger partial charge in [0.05, 0.1) is 24.5 Å². The third kappa shape index (κ3) is 3.09. The fraction of sp³-hybridized carbons (Fsp3) is 0.500. The topological polar surface area (TPSA) is 105 Å². The number of hydrogen-bond acceptors (Lipinski definition) is 6. The number of aromatic amines is 1. The second kappa shape index (κ2) is 6.56. The van der Waals surface area contributed by atoms with Crippen LogP contribution in [0.1, 0.15) is 51.8 Å². The maximum absolute atomic E-state index is 9.96. The zero-order valence-electron chi connectivity index (χ0n) is 14.4. The van der Waals surface area contributed by atoms with Crippen LogP contribution in [-0.2, 0) is 0 Å². The number of aliphatic hydroxyl groups is 1. The van der Waals surface area contributed by atoms with Crippen molar-refractivity contribution in [3.05, 3.63) is 24.2 Å². The summed E-state index contributed by atoms with van der Waals surface area (Å²) in [5, 5.41) is 24.7. The van der Waals surface area contributed by atoms with Crippen molar-refractivity contribution in [3.63, 3.8) is 0 Å². The molecule has 3 rings (SSSR count). The summed E-state index contributed by atoms with van der Waals surface area (Å²) in [6.45, 7) is 7.97. The van der Waals surface area contributed by atoms with E-state index in [1.54, 1.807) is 24.0 Å². The Balaban J connectivity index is 1.92. The highest BCUT2D eigenvalue weighted by Gasteiger charge is 2.19. The normalized spacial score (nSPS) is 14.2. The van der Waals surface area contributed by atoms with E-state index in [0.29, 0.717) is 28.7 Å². The lowest BCUT2D eigenvalue weighted by atomic mass is 10.1. The number of hydrogen-bond donors (Lipinski definition) is 3. The molecule has 0 saturated carbocycles. The number of anilines is 2. The molecule has 8 heteroatoms. The Labute approximate surface area is 140 Å². The molecule has 8 nitrogen and oxygen atoms in total. The lowest BCUT2D eigenvalue weighted by Gasteiger charge is -2.19. The SMILES string of the molecule is CC[C@H]([C@H](C)O)n1ncc2ncc(Nc3cc(C(C)C)[nH]n3)nc21. The molecule has 3 aromatic rings. The molecule has 3 N–H and O–H groups in total. The Morgan fingerprint density at radius 2 is 2.04 bits per heavy atom. The van der Waals surface area contributed by atoms with Crippen LogP contribution in [0.15, 0.2) is 18.5 Å². The molecule has 2 atom stereocenters. The van der Waals surface area contributed by atoms with Gasteiger partial charge in [-0.25, -0.2) is 14.6 Å². The highest BCUT2D eigenvalue weighted by molar-refractivity contribution is 5.72. The van der Waals surface area contributed by atoms with Crippen molar-refractivity contribution in [2.45, 2.75) is 52.2 Å². The van der Waals surface area contributed by atoms with Crippen LogP contribution in [0, 0.1) is 0 Å². The molecule has 0 amide bonds. The summed E-state index contributed by atoms with van der Waals surface area (Å²) in [7, 11) is 0. The van der Waals surface area contributed by atoms with E-state index < -0.39 is 6.10 Å². The van der Waals surface area contributed by atoms with Gasteiger partial charge in [0, 0.05) is 11.8 Å². The molecule has 128 valence electrons. The summed E-state index contributed by atoms with van der Waals surface area (Å²) in [6, 6.07) is 1.82. The number of rotatable bonds is 6. The second-order valence-electron chi connectivity index (χ2n) is 6.26. The maximum atomic E-state index is 9.96. The monoisotopic (exact) mass is 329 g/mol. The van der Waals surface area contributed by atoms with Gasteiger partial charge in [0.25, 0.3) is 0 Å². The first-order chi connectivity index (χ1) is 11.5. The van der Waals surface area contributed by atoms with Crippen molar-refractivity contribution in [1.82, 2.24) is 29.9 Å². The Hall–Kier alpha value is -2.48. The van der Waals surface area contributed by atoms with Crippen LogP contribution >= 0.6 is 0 Å². The zero-order valence-corrected chi connectivity index (χ0v) is 14.4. The Morgan fingerprint density at radius 1 is 1.25 bits per heavy atom. The lowest BCUT2D eigenvalue weighted by Crippen LogP contribution is -2.22. The van der Waals surface area contributed by atoms with Crippen molar-refractivity contribution in [1.29, 1.82) is 0 Å². The van der Waals surface area contributed by atoms with E-state index in [4.69, 9.17) is 0 Å². The molecule has 0 radical (unpaired) electrons. The molecule has 3 aromatic heterocycles. The highest BCUT2D eigenvalue weighted by atomic mass is 16.3. The minimum Gasteiger partial charge on any atom is -0.391 e. The molecule has 0 unspecified atom stereocenters. The van der Waals surface area contributed by atoms with Gasteiger partial charge >= 0.3 is 0 Å². The van der Waals surface area contributed by atoms with E-state index in [-0.39, 0.29) is 6.04 Å². The summed E-state index contributed by atoms with van der Waals surface area (Å²) < 4.78 is 1.74. The molecule has 24 heavy (non-hydrogen) atoms. The van der Waals surface area contributed by atoms with E-state index in [9.17, 15) is 5.11 Å². The molecule has 0 bridgehead atoms. The van der Waals surface area contributed by atoms with Gasteiger partial charge in [-0.15, -0.1) is 0 Å². The van der Waals surface area contributed by atoms with Crippen molar-refractivity contribution in [2.24, 2.45) is 0 Å².